The summed E-state index contributed by atoms with van der Waals surface area (Å²) in [4.78, 5) is 35.1. The standard InChI is InChI=1S/C33H47N7O5/c1-23-19-24-20-25(42-5)21-28(29(24)34-23)40-9-7-26-27(22-40)35-31(44-16-6-8-37-14-17-43-18-15-37)36-30(26)38-10-12-39(13-11-38)32(41)45-33(2,3)4/h19-21,34H,6-18,22H2,1-5H3. The Morgan fingerprint density at radius 1 is 1.00 bits per heavy atom. The number of H-pyrrole nitrogens is 1. The summed E-state index contributed by atoms with van der Waals surface area (Å²) in [6, 6.07) is 6.73. The summed E-state index contributed by atoms with van der Waals surface area (Å²) in [7, 11) is 1.71. The number of aryl methyl sites for hydroxylation is 1. The van der Waals surface area contributed by atoms with Crippen molar-refractivity contribution in [3.8, 4) is 11.8 Å². The predicted octanol–water partition coefficient (Wildman–Crippen LogP) is 4.00. The molecule has 0 atom stereocenters. The molecule has 12 heteroatoms. The molecule has 0 radical (unpaired) electrons. The first-order chi connectivity index (χ1) is 21.7. The summed E-state index contributed by atoms with van der Waals surface area (Å²) in [6.07, 6.45) is 1.42. The topological polar surface area (TPSA) is 109 Å². The number of fused-ring (bicyclic) bond motifs is 2. The van der Waals surface area contributed by atoms with Gasteiger partial charge in [-0.15, -0.1) is 0 Å². The Labute approximate surface area is 265 Å². The molecule has 12 nitrogen and oxygen atoms in total. The van der Waals surface area contributed by atoms with Crippen LogP contribution in [-0.2, 0) is 22.4 Å². The van der Waals surface area contributed by atoms with Crippen molar-refractivity contribution >= 4 is 28.5 Å². The van der Waals surface area contributed by atoms with Gasteiger partial charge in [0.2, 0.25) is 0 Å². The lowest BCUT2D eigenvalue weighted by Crippen LogP contribution is -2.50. The van der Waals surface area contributed by atoms with Gasteiger partial charge in [0.15, 0.2) is 0 Å². The number of ether oxygens (including phenoxy) is 4. The number of benzene rings is 1. The van der Waals surface area contributed by atoms with Crippen LogP contribution in [0.1, 0.15) is 44.1 Å². The molecule has 0 saturated carbocycles. The second kappa shape index (κ2) is 13.3. The first kappa shape index (κ1) is 31.2. The van der Waals surface area contributed by atoms with Gasteiger partial charge in [-0.25, -0.2) is 4.79 Å². The van der Waals surface area contributed by atoms with Crippen LogP contribution in [0.2, 0.25) is 0 Å². The maximum Gasteiger partial charge on any atom is 0.410 e. The molecule has 1 N–H and O–H groups in total. The monoisotopic (exact) mass is 621 g/mol. The van der Waals surface area contributed by atoms with E-state index in [1.807, 2.05) is 20.8 Å². The smallest absolute Gasteiger partial charge is 0.410 e. The van der Waals surface area contributed by atoms with Crippen LogP contribution in [0.25, 0.3) is 10.9 Å². The van der Waals surface area contributed by atoms with Crippen LogP contribution in [0.4, 0.5) is 16.3 Å². The fourth-order valence-corrected chi connectivity index (χ4v) is 6.33. The number of rotatable bonds is 8. The second-order valence-electron chi connectivity index (χ2n) is 13.1. The molecule has 3 aliphatic rings. The minimum Gasteiger partial charge on any atom is -0.497 e. The predicted molar refractivity (Wildman–Crippen MR) is 174 cm³/mol. The normalized spacial score (nSPS) is 17.8. The summed E-state index contributed by atoms with van der Waals surface area (Å²) in [5.74, 6) is 1.75. The first-order valence-corrected chi connectivity index (χ1v) is 16.1. The number of anilines is 2. The molecular weight excluding hydrogens is 574 g/mol. The van der Waals surface area contributed by atoms with Crippen molar-refractivity contribution in [2.75, 3.05) is 89.1 Å². The van der Waals surface area contributed by atoms with Crippen molar-refractivity contribution < 1.29 is 23.7 Å². The average Bonchev–Trinajstić information content (AvgIpc) is 3.41. The van der Waals surface area contributed by atoms with Gasteiger partial charge in [0, 0.05) is 75.1 Å². The molecule has 6 rings (SSSR count). The van der Waals surface area contributed by atoms with Crippen LogP contribution in [0.15, 0.2) is 18.2 Å². The molecule has 0 aliphatic carbocycles. The molecule has 0 unspecified atom stereocenters. The molecule has 0 spiro atoms. The van der Waals surface area contributed by atoms with E-state index >= 15 is 0 Å². The SMILES string of the molecule is COc1cc(N2CCc3c(nc(OCCCN4CCOCC4)nc3N3CCN(C(=O)OC(C)(C)C)CC3)C2)c2[nH]c(C)cc2c1. The van der Waals surface area contributed by atoms with Gasteiger partial charge in [-0.3, -0.25) is 4.90 Å². The molecule has 5 heterocycles. The lowest BCUT2D eigenvalue weighted by molar-refractivity contribution is 0.0240. The minimum atomic E-state index is -0.521. The van der Waals surface area contributed by atoms with E-state index in [2.05, 4.69) is 44.8 Å². The number of methoxy groups -OCH3 is 1. The maximum absolute atomic E-state index is 12.7. The molecular formula is C33H47N7O5. The van der Waals surface area contributed by atoms with E-state index in [0.717, 1.165) is 97.3 Å². The lowest BCUT2D eigenvalue weighted by Gasteiger charge is -2.38. The highest BCUT2D eigenvalue weighted by Crippen LogP contribution is 2.37. The van der Waals surface area contributed by atoms with Gasteiger partial charge >= 0.3 is 12.1 Å². The number of nitrogens with zero attached hydrogens (tertiary/aromatic N) is 6. The van der Waals surface area contributed by atoms with Gasteiger partial charge < -0.3 is 38.6 Å². The number of aromatic amines is 1. The Bertz CT molecular complexity index is 1490. The van der Waals surface area contributed by atoms with Crippen molar-refractivity contribution in [1.82, 2.24) is 24.8 Å². The van der Waals surface area contributed by atoms with E-state index in [1.165, 1.54) is 0 Å². The lowest BCUT2D eigenvalue weighted by atomic mass is 10.0. The Kier molecular flexibility index (Phi) is 9.23. The van der Waals surface area contributed by atoms with Gasteiger partial charge in [-0.2, -0.15) is 9.97 Å². The molecule has 244 valence electrons. The van der Waals surface area contributed by atoms with Crippen molar-refractivity contribution in [3.05, 3.63) is 35.2 Å². The third-order valence-corrected chi connectivity index (χ3v) is 8.60. The molecule has 2 aromatic heterocycles. The highest BCUT2D eigenvalue weighted by Gasteiger charge is 2.31. The maximum atomic E-state index is 12.7. The van der Waals surface area contributed by atoms with Gasteiger partial charge in [0.05, 0.1) is 50.4 Å². The zero-order valence-electron chi connectivity index (χ0n) is 27.4. The Morgan fingerprint density at radius 2 is 1.78 bits per heavy atom. The van der Waals surface area contributed by atoms with Crippen molar-refractivity contribution in [2.24, 2.45) is 0 Å². The van der Waals surface area contributed by atoms with Gasteiger partial charge in [0.1, 0.15) is 17.2 Å². The Balaban J connectivity index is 1.23. The van der Waals surface area contributed by atoms with Crippen LogP contribution < -0.4 is 19.3 Å². The number of hydrogen-bond donors (Lipinski definition) is 1. The largest absolute Gasteiger partial charge is 0.497 e. The highest BCUT2D eigenvalue weighted by molar-refractivity contribution is 5.94. The molecule has 0 bridgehead atoms. The van der Waals surface area contributed by atoms with Crippen molar-refractivity contribution in [2.45, 2.75) is 52.7 Å². The van der Waals surface area contributed by atoms with Crippen LogP contribution in [-0.4, -0.2) is 116 Å². The quantitative estimate of drug-likeness (QED) is 0.371. The van der Waals surface area contributed by atoms with E-state index in [0.29, 0.717) is 45.3 Å². The number of carbonyl (C=O) groups is 1. The molecule has 45 heavy (non-hydrogen) atoms. The third-order valence-electron chi connectivity index (χ3n) is 8.60. The van der Waals surface area contributed by atoms with Crippen LogP contribution in [0.5, 0.6) is 11.8 Å². The minimum absolute atomic E-state index is 0.268. The van der Waals surface area contributed by atoms with Crippen molar-refractivity contribution in [1.29, 1.82) is 0 Å². The number of amides is 1. The molecule has 3 aromatic rings. The van der Waals surface area contributed by atoms with E-state index < -0.39 is 5.60 Å². The fraction of sp³-hybridized carbons (Fsp3) is 0.606. The van der Waals surface area contributed by atoms with Crippen LogP contribution in [0.3, 0.4) is 0 Å². The van der Waals surface area contributed by atoms with Crippen molar-refractivity contribution in [3.63, 3.8) is 0 Å². The third kappa shape index (κ3) is 7.38. The van der Waals surface area contributed by atoms with E-state index in [4.69, 9.17) is 28.9 Å². The summed E-state index contributed by atoms with van der Waals surface area (Å²) in [6.45, 7) is 16.7. The number of morpholine rings is 1. The van der Waals surface area contributed by atoms with E-state index in [9.17, 15) is 4.79 Å². The Hall–Kier alpha value is -3.77. The van der Waals surface area contributed by atoms with Crippen LogP contribution >= 0.6 is 0 Å². The van der Waals surface area contributed by atoms with E-state index in [-0.39, 0.29) is 6.09 Å². The number of aromatic nitrogens is 3. The summed E-state index contributed by atoms with van der Waals surface area (Å²) in [5, 5.41) is 1.13. The zero-order chi connectivity index (χ0) is 31.6. The second-order valence-corrected chi connectivity index (χ2v) is 13.1. The highest BCUT2D eigenvalue weighted by atomic mass is 16.6. The van der Waals surface area contributed by atoms with Crippen LogP contribution in [0, 0.1) is 6.92 Å². The number of nitrogens with one attached hydrogen (secondary N) is 1. The summed E-state index contributed by atoms with van der Waals surface area (Å²) in [5.41, 5.74) is 4.92. The first-order valence-electron chi connectivity index (χ1n) is 16.1. The fourth-order valence-electron chi connectivity index (χ4n) is 6.33. The zero-order valence-corrected chi connectivity index (χ0v) is 27.4. The van der Waals surface area contributed by atoms with Gasteiger partial charge in [0.25, 0.3) is 0 Å². The molecule has 3 aliphatic heterocycles. The van der Waals surface area contributed by atoms with Gasteiger partial charge in [-0.1, -0.05) is 0 Å². The average molecular weight is 622 g/mol. The molecule has 2 fully saturated rings. The molecule has 2 saturated heterocycles. The van der Waals surface area contributed by atoms with E-state index in [1.54, 1.807) is 12.0 Å². The molecule has 1 aromatic carbocycles. The summed E-state index contributed by atoms with van der Waals surface area (Å²) >= 11 is 0. The Morgan fingerprint density at radius 3 is 2.51 bits per heavy atom. The number of hydrogen-bond acceptors (Lipinski definition) is 10. The number of carbonyl (C=O) groups excluding carboxylic acids is 1. The summed E-state index contributed by atoms with van der Waals surface area (Å²) < 4.78 is 23.0. The molecule has 1 amide bonds. The van der Waals surface area contributed by atoms with Gasteiger partial charge in [-0.05, 0) is 52.7 Å². The number of piperazine rings is 1.